The van der Waals surface area contributed by atoms with Crippen molar-refractivity contribution in [3.05, 3.63) is 80.7 Å². The van der Waals surface area contributed by atoms with E-state index in [1.807, 2.05) is 68.6 Å². The summed E-state index contributed by atoms with van der Waals surface area (Å²) in [6.07, 6.45) is 1.65. The van der Waals surface area contributed by atoms with Gasteiger partial charge in [-0.15, -0.1) is 0 Å². The van der Waals surface area contributed by atoms with Crippen LogP contribution < -0.4 is 16.3 Å². The predicted molar refractivity (Wildman–Crippen MR) is 117 cm³/mol. The molecule has 0 unspecified atom stereocenters. The summed E-state index contributed by atoms with van der Waals surface area (Å²) >= 11 is 8.65. The van der Waals surface area contributed by atoms with Gasteiger partial charge in [0.25, 0.3) is 5.56 Å². The first-order valence-electron chi connectivity index (χ1n) is 8.17. The number of benzene rings is 2. The number of rotatable bonds is 4. The van der Waals surface area contributed by atoms with Gasteiger partial charge in [-0.25, -0.2) is 4.68 Å². The molecule has 0 saturated heterocycles. The summed E-state index contributed by atoms with van der Waals surface area (Å²) in [5.41, 5.74) is 5.45. The van der Waals surface area contributed by atoms with Gasteiger partial charge < -0.3 is 5.32 Å². The lowest BCUT2D eigenvalue weighted by Gasteiger charge is -2.07. The van der Waals surface area contributed by atoms with E-state index in [1.165, 1.54) is 0 Å². The number of anilines is 1. The molecule has 3 aromatic rings. The van der Waals surface area contributed by atoms with Gasteiger partial charge in [-0.3, -0.25) is 14.9 Å². The van der Waals surface area contributed by atoms with E-state index < -0.39 is 0 Å². The molecule has 0 aliphatic rings. The Morgan fingerprint density at radius 1 is 1.15 bits per heavy atom. The molecule has 0 fully saturated rings. The second-order valence-electron chi connectivity index (χ2n) is 5.81. The van der Waals surface area contributed by atoms with E-state index in [0.29, 0.717) is 5.69 Å². The van der Waals surface area contributed by atoms with Crippen LogP contribution in [0.4, 0.5) is 5.69 Å². The fourth-order valence-corrected chi connectivity index (χ4v) is 2.99. The Kier molecular flexibility index (Phi) is 5.88. The molecule has 138 valence electrons. The smallest absolute Gasteiger partial charge is 0.295 e. The Morgan fingerprint density at radius 3 is 2.48 bits per heavy atom. The van der Waals surface area contributed by atoms with Crippen LogP contribution in [0, 0.1) is 6.92 Å². The normalized spacial score (nSPS) is 10.9. The Bertz CT molecular complexity index is 1040. The maximum atomic E-state index is 12.8. The molecule has 0 spiro atoms. The molecule has 6 nitrogen and oxygen atoms in total. The second-order valence-corrected chi connectivity index (χ2v) is 7.14. The van der Waals surface area contributed by atoms with Crippen molar-refractivity contribution >= 4 is 45.2 Å². The number of aromatic nitrogens is 2. The van der Waals surface area contributed by atoms with Crippen molar-refractivity contribution in [3.8, 4) is 5.69 Å². The summed E-state index contributed by atoms with van der Waals surface area (Å²) in [4.78, 5) is 12.8. The number of hydrazone groups is 1. The summed E-state index contributed by atoms with van der Waals surface area (Å²) in [6.45, 7) is 1.86. The molecule has 2 aromatic carbocycles. The molecule has 2 N–H and O–H groups in total. The predicted octanol–water partition coefficient (Wildman–Crippen LogP) is 3.57. The number of nitrogens with one attached hydrogen (secondary N) is 2. The number of hydrogen-bond acceptors (Lipinski definition) is 3. The minimum absolute atomic E-state index is 0.178. The summed E-state index contributed by atoms with van der Waals surface area (Å²) in [6, 6.07) is 17.1. The molecule has 0 saturated carbocycles. The van der Waals surface area contributed by atoms with Crippen molar-refractivity contribution in [2.24, 2.45) is 12.1 Å². The molecule has 0 bridgehead atoms. The lowest BCUT2D eigenvalue weighted by atomic mass is 10.2. The first kappa shape index (κ1) is 19.1. The molecule has 1 aromatic heterocycles. The minimum atomic E-state index is -0.178. The van der Waals surface area contributed by atoms with E-state index in [4.69, 9.17) is 12.2 Å². The molecule has 27 heavy (non-hydrogen) atoms. The zero-order chi connectivity index (χ0) is 19.4. The standard InChI is InChI=1S/C19H18BrN5OS/c1-13-17(18(26)25(24(13)2)16-6-4-3-5-7-16)22-19(27)23-21-12-14-8-10-15(20)11-9-14/h3-12H,1-2H3,(H2,22,23,27)/b21-12+. The molecule has 3 rings (SSSR count). The van der Waals surface area contributed by atoms with Gasteiger partial charge >= 0.3 is 0 Å². The van der Waals surface area contributed by atoms with Crippen LogP contribution in [0.25, 0.3) is 5.69 Å². The largest absolute Gasteiger partial charge is 0.325 e. The quantitative estimate of drug-likeness (QED) is 0.367. The van der Waals surface area contributed by atoms with E-state index >= 15 is 0 Å². The number of para-hydroxylation sites is 1. The van der Waals surface area contributed by atoms with Crippen molar-refractivity contribution in [1.29, 1.82) is 0 Å². The highest BCUT2D eigenvalue weighted by atomic mass is 79.9. The van der Waals surface area contributed by atoms with Crippen LogP contribution in [0.15, 0.2) is 69.0 Å². The van der Waals surface area contributed by atoms with E-state index in [0.717, 1.165) is 21.4 Å². The maximum Gasteiger partial charge on any atom is 0.295 e. The molecule has 0 aliphatic heterocycles. The van der Waals surface area contributed by atoms with Gasteiger partial charge in [-0.1, -0.05) is 46.3 Å². The Hall–Kier alpha value is -2.71. The van der Waals surface area contributed by atoms with Crippen molar-refractivity contribution in [2.45, 2.75) is 6.92 Å². The summed E-state index contributed by atoms with van der Waals surface area (Å²) in [7, 11) is 1.83. The van der Waals surface area contributed by atoms with Gasteiger partial charge in [0.1, 0.15) is 5.69 Å². The zero-order valence-corrected chi connectivity index (χ0v) is 17.2. The summed E-state index contributed by atoms with van der Waals surface area (Å²) in [5.74, 6) is 0. The third kappa shape index (κ3) is 4.35. The highest BCUT2D eigenvalue weighted by Crippen LogP contribution is 2.13. The molecule has 1 heterocycles. The van der Waals surface area contributed by atoms with E-state index in [2.05, 4.69) is 31.8 Å². The van der Waals surface area contributed by atoms with Gasteiger partial charge in [0, 0.05) is 11.5 Å². The van der Waals surface area contributed by atoms with Crippen molar-refractivity contribution in [2.75, 3.05) is 5.32 Å². The van der Waals surface area contributed by atoms with Crippen molar-refractivity contribution in [1.82, 2.24) is 14.8 Å². The molecule has 0 atom stereocenters. The first-order valence-corrected chi connectivity index (χ1v) is 9.37. The molecule has 0 aliphatic carbocycles. The highest BCUT2D eigenvalue weighted by Gasteiger charge is 2.16. The van der Waals surface area contributed by atoms with Gasteiger partial charge in [0.05, 0.1) is 17.6 Å². The van der Waals surface area contributed by atoms with Crippen LogP contribution in [-0.4, -0.2) is 20.7 Å². The molecular weight excluding hydrogens is 426 g/mol. The third-order valence-corrected chi connectivity index (χ3v) is 4.76. The van der Waals surface area contributed by atoms with Crippen LogP contribution in [0.2, 0.25) is 0 Å². The van der Waals surface area contributed by atoms with E-state index in [1.54, 1.807) is 15.6 Å². The Balaban J connectivity index is 1.75. The molecule has 0 radical (unpaired) electrons. The lowest BCUT2D eigenvalue weighted by Crippen LogP contribution is -2.28. The first-order chi connectivity index (χ1) is 13.0. The molecular formula is C19H18BrN5OS. The van der Waals surface area contributed by atoms with Crippen molar-refractivity contribution in [3.63, 3.8) is 0 Å². The minimum Gasteiger partial charge on any atom is -0.325 e. The topological polar surface area (TPSA) is 63.4 Å². The van der Waals surface area contributed by atoms with Gasteiger partial charge in [0.2, 0.25) is 0 Å². The van der Waals surface area contributed by atoms with Crippen LogP contribution in [0.1, 0.15) is 11.3 Å². The van der Waals surface area contributed by atoms with E-state index in [9.17, 15) is 4.79 Å². The van der Waals surface area contributed by atoms with Crippen LogP contribution in [0.3, 0.4) is 0 Å². The highest BCUT2D eigenvalue weighted by molar-refractivity contribution is 9.10. The Morgan fingerprint density at radius 2 is 1.81 bits per heavy atom. The van der Waals surface area contributed by atoms with E-state index in [-0.39, 0.29) is 10.7 Å². The molecule has 8 heteroatoms. The summed E-state index contributed by atoms with van der Waals surface area (Å²) in [5, 5.41) is 7.30. The second kappa shape index (κ2) is 8.32. The molecule has 0 amide bonds. The fourth-order valence-electron chi connectivity index (χ4n) is 2.57. The average Bonchev–Trinajstić information content (AvgIpc) is 2.87. The fraction of sp³-hybridized carbons (Fsp3) is 0.105. The lowest BCUT2D eigenvalue weighted by molar-refractivity contribution is 0.630. The maximum absolute atomic E-state index is 12.8. The zero-order valence-electron chi connectivity index (χ0n) is 14.8. The number of nitrogens with zero attached hydrogens (tertiary/aromatic N) is 3. The number of halogens is 1. The summed E-state index contributed by atoms with van der Waals surface area (Å²) < 4.78 is 4.37. The Labute approximate surface area is 170 Å². The number of thiocarbonyl (C=S) groups is 1. The van der Waals surface area contributed by atoms with Gasteiger partial charge in [0.15, 0.2) is 5.11 Å². The van der Waals surface area contributed by atoms with Crippen LogP contribution >= 0.6 is 28.1 Å². The SMILES string of the molecule is Cc1c(NC(=S)N/N=C/c2ccc(Br)cc2)c(=O)n(-c2ccccc2)n1C. The monoisotopic (exact) mass is 443 g/mol. The van der Waals surface area contributed by atoms with Crippen LogP contribution in [-0.2, 0) is 7.05 Å². The third-order valence-electron chi connectivity index (χ3n) is 4.04. The van der Waals surface area contributed by atoms with Gasteiger partial charge in [-0.2, -0.15) is 5.10 Å². The van der Waals surface area contributed by atoms with Crippen molar-refractivity contribution < 1.29 is 0 Å². The average molecular weight is 444 g/mol. The van der Waals surface area contributed by atoms with Gasteiger partial charge in [-0.05, 0) is 49.0 Å². The van der Waals surface area contributed by atoms with Crippen LogP contribution in [0.5, 0.6) is 0 Å². The number of hydrogen-bond donors (Lipinski definition) is 2.